The maximum absolute atomic E-state index is 5.43. The largest absolute Gasteiger partial charge is 0.384 e. The van der Waals surface area contributed by atoms with Crippen molar-refractivity contribution in [1.29, 1.82) is 0 Å². The lowest BCUT2D eigenvalue weighted by atomic mass is 9.79. The number of rotatable bonds is 6. The molecule has 2 rings (SSSR count). The molecule has 0 radical (unpaired) electrons. The van der Waals surface area contributed by atoms with Crippen molar-refractivity contribution in [2.24, 2.45) is 5.41 Å². The third-order valence-electron chi connectivity index (χ3n) is 3.89. The van der Waals surface area contributed by atoms with Gasteiger partial charge in [0.25, 0.3) is 0 Å². The van der Waals surface area contributed by atoms with E-state index >= 15 is 0 Å². The van der Waals surface area contributed by atoms with Gasteiger partial charge in [-0.05, 0) is 54.7 Å². The zero-order chi connectivity index (χ0) is 12.8. The molecule has 4 heteroatoms. The number of hydrogen-bond donors (Lipinski definition) is 2. The minimum Gasteiger partial charge on any atom is -0.384 e. The van der Waals surface area contributed by atoms with Crippen LogP contribution in [0.3, 0.4) is 0 Å². The molecular formula is C14H24N2OS. The van der Waals surface area contributed by atoms with Crippen LogP contribution in [0.1, 0.15) is 24.0 Å². The van der Waals surface area contributed by atoms with Gasteiger partial charge in [-0.3, -0.25) is 0 Å². The second-order valence-electron chi connectivity index (χ2n) is 5.37. The Kier molecular flexibility index (Phi) is 5.18. The number of nitrogens with one attached hydrogen (secondary N) is 2. The van der Waals surface area contributed by atoms with Crippen LogP contribution in [-0.2, 0) is 11.3 Å². The number of methoxy groups -OCH3 is 1. The molecule has 0 aliphatic carbocycles. The van der Waals surface area contributed by atoms with Crippen molar-refractivity contribution in [3.05, 3.63) is 21.9 Å². The van der Waals surface area contributed by atoms with Gasteiger partial charge in [0.2, 0.25) is 0 Å². The van der Waals surface area contributed by atoms with E-state index in [1.165, 1.54) is 24.0 Å². The molecule has 1 fully saturated rings. The fraction of sp³-hybridized carbons (Fsp3) is 0.714. The highest BCUT2D eigenvalue weighted by molar-refractivity contribution is 7.08. The van der Waals surface area contributed by atoms with E-state index in [2.05, 4.69) is 28.3 Å². The first-order valence-corrected chi connectivity index (χ1v) is 7.62. The van der Waals surface area contributed by atoms with Crippen LogP contribution < -0.4 is 10.6 Å². The Morgan fingerprint density at radius 2 is 2.17 bits per heavy atom. The molecule has 102 valence electrons. The Labute approximate surface area is 114 Å². The zero-order valence-electron chi connectivity index (χ0n) is 11.4. The lowest BCUT2D eigenvalue weighted by Crippen LogP contribution is -2.45. The highest BCUT2D eigenvalue weighted by atomic mass is 32.1. The lowest BCUT2D eigenvalue weighted by molar-refractivity contribution is 0.0534. The van der Waals surface area contributed by atoms with Crippen LogP contribution in [-0.4, -0.2) is 33.4 Å². The van der Waals surface area contributed by atoms with Gasteiger partial charge in [-0.15, -0.1) is 0 Å². The Morgan fingerprint density at radius 1 is 1.39 bits per heavy atom. The standard InChI is InChI=1S/C14H24N2OS/c1-12-8-18-9-13(12)7-16-10-14(11-17-2)3-5-15-6-4-14/h8-9,15-16H,3-7,10-11H2,1-2H3. The minimum atomic E-state index is 0.323. The predicted octanol–water partition coefficient (Wildman–Crippen LogP) is 2.16. The third-order valence-corrected chi connectivity index (χ3v) is 4.80. The van der Waals surface area contributed by atoms with E-state index in [1.54, 1.807) is 11.3 Å². The predicted molar refractivity (Wildman–Crippen MR) is 77.2 cm³/mol. The van der Waals surface area contributed by atoms with Crippen LogP contribution in [0.2, 0.25) is 0 Å². The van der Waals surface area contributed by atoms with E-state index in [-0.39, 0.29) is 0 Å². The molecule has 1 saturated heterocycles. The summed E-state index contributed by atoms with van der Waals surface area (Å²) in [5.74, 6) is 0. The van der Waals surface area contributed by atoms with Crippen molar-refractivity contribution in [3.63, 3.8) is 0 Å². The minimum absolute atomic E-state index is 0.323. The topological polar surface area (TPSA) is 33.3 Å². The second-order valence-corrected chi connectivity index (χ2v) is 6.11. The second kappa shape index (κ2) is 6.66. The third kappa shape index (κ3) is 3.54. The van der Waals surface area contributed by atoms with Crippen LogP contribution in [0, 0.1) is 12.3 Å². The molecule has 2 heterocycles. The summed E-state index contributed by atoms with van der Waals surface area (Å²) >= 11 is 1.79. The monoisotopic (exact) mass is 268 g/mol. The van der Waals surface area contributed by atoms with E-state index in [9.17, 15) is 0 Å². The number of hydrogen-bond acceptors (Lipinski definition) is 4. The molecule has 0 atom stereocenters. The molecule has 1 aliphatic rings. The van der Waals surface area contributed by atoms with Gasteiger partial charge >= 0.3 is 0 Å². The molecule has 2 N–H and O–H groups in total. The van der Waals surface area contributed by atoms with Gasteiger partial charge in [0.05, 0.1) is 6.61 Å². The van der Waals surface area contributed by atoms with Crippen molar-refractivity contribution < 1.29 is 4.74 Å². The molecule has 0 bridgehead atoms. The molecule has 1 aromatic rings. The Morgan fingerprint density at radius 3 is 2.78 bits per heavy atom. The Balaban J connectivity index is 1.84. The summed E-state index contributed by atoms with van der Waals surface area (Å²) in [5.41, 5.74) is 3.16. The van der Waals surface area contributed by atoms with Crippen LogP contribution in [0.5, 0.6) is 0 Å². The molecule has 1 aromatic heterocycles. The highest BCUT2D eigenvalue weighted by Crippen LogP contribution is 2.28. The first-order chi connectivity index (χ1) is 8.76. The van der Waals surface area contributed by atoms with Crippen molar-refractivity contribution in [3.8, 4) is 0 Å². The summed E-state index contributed by atoms with van der Waals surface area (Å²) in [6.07, 6.45) is 2.41. The van der Waals surface area contributed by atoms with E-state index in [0.29, 0.717) is 5.41 Å². The summed E-state index contributed by atoms with van der Waals surface area (Å²) in [6.45, 7) is 7.31. The molecular weight excluding hydrogens is 244 g/mol. The van der Waals surface area contributed by atoms with Gasteiger partial charge in [0.1, 0.15) is 0 Å². The molecule has 18 heavy (non-hydrogen) atoms. The Hall–Kier alpha value is -0.420. The molecule has 3 nitrogen and oxygen atoms in total. The molecule has 0 unspecified atom stereocenters. The fourth-order valence-corrected chi connectivity index (χ4v) is 3.52. The van der Waals surface area contributed by atoms with Crippen LogP contribution in [0.4, 0.5) is 0 Å². The average Bonchev–Trinajstić information content (AvgIpc) is 2.77. The van der Waals surface area contributed by atoms with Crippen LogP contribution >= 0.6 is 11.3 Å². The maximum Gasteiger partial charge on any atom is 0.0531 e. The molecule has 0 saturated carbocycles. The smallest absolute Gasteiger partial charge is 0.0531 e. The highest BCUT2D eigenvalue weighted by Gasteiger charge is 2.31. The van der Waals surface area contributed by atoms with Gasteiger partial charge < -0.3 is 15.4 Å². The number of aryl methyl sites for hydroxylation is 1. The Bertz CT molecular complexity index is 353. The molecule has 0 amide bonds. The summed E-state index contributed by atoms with van der Waals surface area (Å²) in [6, 6.07) is 0. The quantitative estimate of drug-likeness (QED) is 0.829. The zero-order valence-corrected chi connectivity index (χ0v) is 12.2. The summed E-state index contributed by atoms with van der Waals surface area (Å²) in [4.78, 5) is 0. The lowest BCUT2D eigenvalue weighted by Gasteiger charge is -2.37. The first kappa shape index (κ1) is 14.0. The van der Waals surface area contributed by atoms with Crippen LogP contribution in [0.25, 0.3) is 0 Å². The maximum atomic E-state index is 5.43. The number of thiophene rings is 1. The molecule has 0 spiro atoms. The van der Waals surface area contributed by atoms with E-state index in [4.69, 9.17) is 4.74 Å². The van der Waals surface area contributed by atoms with Crippen LogP contribution in [0.15, 0.2) is 10.8 Å². The number of ether oxygens (including phenoxy) is 1. The summed E-state index contributed by atoms with van der Waals surface area (Å²) < 4.78 is 5.43. The SMILES string of the molecule is COCC1(CNCc2cscc2C)CCNCC1. The van der Waals surface area contributed by atoms with Gasteiger partial charge in [-0.25, -0.2) is 0 Å². The van der Waals surface area contributed by atoms with Gasteiger partial charge in [0.15, 0.2) is 0 Å². The number of piperidine rings is 1. The molecule has 1 aliphatic heterocycles. The summed E-state index contributed by atoms with van der Waals surface area (Å²) in [7, 11) is 1.81. The van der Waals surface area contributed by atoms with E-state index in [1.807, 2.05) is 7.11 Å². The van der Waals surface area contributed by atoms with E-state index in [0.717, 1.165) is 32.8 Å². The fourth-order valence-electron chi connectivity index (χ4n) is 2.67. The van der Waals surface area contributed by atoms with Crippen molar-refractivity contribution >= 4 is 11.3 Å². The van der Waals surface area contributed by atoms with E-state index < -0.39 is 0 Å². The first-order valence-electron chi connectivity index (χ1n) is 6.68. The van der Waals surface area contributed by atoms with Crippen molar-refractivity contribution in [1.82, 2.24) is 10.6 Å². The van der Waals surface area contributed by atoms with Crippen molar-refractivity contribution in [2.75, 3.05) is 33.4 Å². The van der Waals surface area contributed by atoms with Gasteiger partial charge in [-0.2, -0.15) is 11.3 Å². The normalized spacial score (nSPS) is 19.0. The van der Waals surface area contributed by atoms with Gasteiger partial charge in [-0.1, -0.05) is 0 Å². The summed E-state index contributed by atoms with van der Waals surface area (Å²) in [5, 5.41) is 11.5. The van der Waals surface area contributed by atoms with Crippen molar-refractivity contribution in [2.45, 2.75) is 26.3 Å². The molecule has 0 aromatic carbocycles. The van der Waals surface area contributed by atoms with Gasteiger partial charge in [0, 0.05) is 25.6 Å². The average molecular weight is 268 g/mol.